The lowest BCUT2D eigenvalue weighted by Gasteiger charge is -2.22. The third-order valence-corrected chi connectivity index (χ3v) is 6.70. The number of nitrogens with one attached hydrogen (secondary N) is 1. The number of thioether (sulfide) groups is 1. The van der Waals surface area contributed by atoms with Crippen molar-refractivity contribution >= 4 is 17.7 Å². The molecule has 0 saturated heterocycles. The van der Waals surface area contributed by atoms with Crippen LogP contribution in [0.25, 0.3) is 17.1 Å². The minimum Gasteiger partial charge on any atom is -0.337 e. The zero-order valence-corrected chi connectivity index (χ0v) is 18.7. The lowest BCUT2D eigenvalue weighted by Crippen LogP contribution is -2.47. The second-order valence-electron chi connectivity index (χ2n) is 8.20. The number of nitrogens with zero attached hydrogens (tertiary/aromatic N) is 4. The fourth-order valence-corrected chi connectivity index (χ4v) is 4.32. The number of amides is 1. The summed E-state index contributed by atoms with van der Waals surface area (Å²) < 4.78 is 1.99. The van der Waals surface area contributed by atoms with E-state index < -0.39 is 5.54 Å². The largest absolute Gasteiger partial charge is 0.337 e. The highest BCUT2D eigenvalue weighted by molar-refractivity contribution is 7.99. The first-order valence-corrected chi connectivity index (χ1v) is 11.3. The predicted molar refractivity (Wildman–Crippen MR) is 122 cm³/mol. The Morgan fingerprint density at radius 3 is 2.58 bits per heavy atom. The fraction of sp³-hybridized carbons (Fsp3) is 0.333. The maximum absolute atomic E-state index is 12.6. The molecule has 4 rings (SSSR count). The number of aromatic nitrogens is 3. The Kier molecular flexibility index (Phi) is 5.84. The van der Waals surface area contributed by atoms with E-state index in [1.807, 2.05) is 41.0 Å². The third kappa shape index (κ3) is 4.49. The van der Waals surface area contributed by atoms with Gasteiger partial charge in [0.15, 0.2) is 11.0 Å². The lowest BCUT2D eigenvalue weighted by atomic mass is 9.98. The number of nitriles is 1. The van der Waals surface area contributed by atoms with Gasteiger partial charge in [-0.3, -0.25) is 9.36 Å². The molecule has 0 bridgehead atoms. The Morgan fingerprint density at radius 1 is 1.19 bits per heavy atom. The molecule has 1 amide bonds. The van der Waals surface area contributed by atoms with Crippen molar-refractivity contribution in [3.8, 4) is 23.1 Å². The van der Waals surface area contributed by atoms with Crippen LogP contribution in [0, 0.1) is 31.1 Å². The third-order valence-electron chi connectivity index (χ3n) is 5.77. The molecule has 158 valence electrons. The van der Waals surface area contributed by atoms with Gasteiger partial charge >= 0.3 is 0 Å². The van der Waals surface area contributed by atoms with E-state index in [-0.39, 0.29) is 17.6 Å². The summed E-state index contributed by atoms with van der Waals surface area (Å²) in [4.78, 5) is 12.6. The fourth-order valence-electron chi connectivity index (χ4n) is 3.57. The van der Waals surface area contributed by atoms with Crippen molar-refractivity contribution in [2.45, 2.75) is 44.3 Å². The Morgan fingerprint density at radius 2 is 1.94 bits per heavy atom. The number of carbonyl (C=O) groups is 1. The molecule has 0 aliphatic heterocycles. The molecule has 1 atom stereocenters. The predicted octanol–water partition coefficient (Wildman–Crippen LogP) is 4.45. The molecule has 0 spiro atoms. The molecule has 3 aromatic rings. The second kappa shape index (κ2) is 8.56. The maximum Gasteiger partial charge on any atom is 0.231 e. The minimum absolute atomic E-state index is 0.168. The summed E-state index contributed by atoms with van der Waals surface area (Å²) in [6, 6.07) is 18.4. The summed E-state index contributed by atoms with van der Waals surface area (Å²) in [7, 11) is 0. The van der Waals surface area contributed by atoms with Gasteiger partial charge in [0.1, 0.15) is 5.54 Å². The molecule has 1 heterocycles. The van der Waals surface area contributed by atoms with Crippen molar-refractivity contribution in [1.29, 1.82) is 5.26 Å². The molecule has 1 aliphatic rings. The highest BCUT2D eigenvalue weighted by Crippen LogP contribution is 2.39. The van der Waals surface area contributed by atoms with E-state index in [1.54, 1.807) is 6.92 Å². The van der Waals surface area contributed by atoms with Crippen LogP contribution in [0.3, 0.4) is 0 Å². The number of benzene rings is 2. The smallest absolute Gasteiger partial charge is 0.231 e. The zero-order valence-electron chi connectivity index (χ0n) is 17.9. The van der Waals surface area contributed by atoms with Gasteiger partial charge in [0.25, 0.3) is 0 Å². The molecular formula is C24H25N5OS. The Hall–Kier alpha value is -3.11. The van der Waals surface area contributed by atoms with E-state index in [2.05, 4.69) is 47.6 Å². The van der Waals surface area contributed by atoms with Crippen LogP contribution in [0.1, 0.15) is 30.9 Å². The van der Waals surface area contributed by atoms with Crippen LogP contribution >= 0.6 is 11.8 Å². The molecule has 31 heavy (non-hydrogen) atoms. The first-order valence-electron chi connectivity index (χ1n) is 10.3. The first-order chi connectivity index (χ1) is 14.9. The molecule has 1 unspecified atom stereocenters. The van der Waals surface area contributed by atoms with Crippen LogP contribution in [0.5, 0.6) is 0 Å². The second-order valence-corrected chi connectivity index (χ2v) is 9.14. The van der Waals surface area contributed by atoms with Crippen molar-refractivity contribution in [3.05, 3.63) is 59.7 Å². The van der Waals surface area contributed by atoms with Crippen molar-refractivity contribution < 1.29 is 4.79 Å². The molecule has 1 aromatic heterocycles. The van der Waals surface area contributed by atoms with E-state index in [9.17, 15) is 10.1 Å². The average Bonchev–Trinajstić information content (AvgIpc) is 3.55. The summed E-state index contributed by atoms with van der Waals surface area (Å²) in [6.07, 6.45) is 1.97. The normalized spacial score (nSPS) is 15.2. The SMILES string of the molecule is Cc1ccc(-n2c(SCC(=O)NC(C)(C#N)C3CC3)nnc2-c2ccccc2)cc1C. The molecular weight excluding hydrogens is 406 g/mol. The summed E-state index contributed by atoms with van der Waals surface area (Å²) in [6.45, 7) is 5.96. The molecule has 6 nitrogen and oxygen atoms in total. The molecule has 1 fully saturated rings. The van der Waals surface area contributed by atoms with E-state index in [0.29, 0.717) is 5.16 Å². The van der Waals surface area contributed by atoms with Crippen LogP contribution in [0.4, 0.5) is 0 Å². The lowest BCUT2D eigenvalue weighted by molar-refractivity contribution is -0.119. The molecule has 1 aliphatic carbocycles. The number of hydrogen-bond donors (Lipinski definition) is 1. The van der Waals surface area contributed by atoms with Crippen LogP contribution in [-0.4, -0.2) is 32.0 Å². The summed E-state index contributed by atoms with van der Waals surface area (Å²) in [5, 5.41) is 21.9. The Balaban J connectivity index is 1.62. The highest BCUT2D eigenvalue weighted by atomic mass is 32.2. The molecule has 1 saturated carbocycles. The van der Waals surface area contributed by atoms with E-state index in [1.165, 1.54) is 22.9 Å². The van der Waals surface area contributed by atoms with Gasteiger partial charge in [-0.2, -0.15) is 5.26 Å². The Labute approximate surface area is 186 Å². The molecule has 7 heteroatoms. The summed E-state index contributed by atoms with van der Waals surface area (Å²) in [5.41, 5.74) is 3.50. The van der Waals surface area contributed by atoms with E-state index >= 15 is 0 Å². The highest BCUT2D eigenvalue weighted by Gasteiger charge is 2.43. The number of rotatable bonds is 7. The van der Waals surface area contributed by atoms with Crippen LogP contribution in [0.2, 0.25) is 0 Å². The average molecular weight is 432 g/mol. The van der Waals surface area contributed by atoms with Gasteiger partial charge < -0.3 is 5.32 Å². The number of hydrogen-bond acceptors (Lipinski definition) is 5. The molecule has 1 N–H and O–H groups in total. The minimum atomic E-state index is -0.797. The van der Waals surface area contributed by atoms with Crippen molar-refractivity contribution in [2.75, 3.05) is 5.75 Å². The van der Waals surface area contributed by atoms with Crippen molar-refractivity contribution in [2.24, 2.45) is 5.92 Å². The summed E-state index contributed by atoms with van der Waals surface area (Å²) in [5.74, 6) is 0.973. The Bertz CT molecular complexity index is 1150. The van der Waals surface area contributed by atoms with Gasteiger partial charge in [-0.15, -0.1) is 10.2 Å². The van der Waals surface area contributed by atoms with Crippen molar-refractivity contribution in [3.63, 3.8) is 0 Å². The van der Waals surface area contributed by atoms with Gasteiger partial charge in [-0.05, 0) is 62.8 Å². The van der Waals surface area contributed by atoms with Crippen LogP contribution in [-0.2, 0) is 4.79 Å². The van der Waals surface area contributed by atoms with Crippen molar-refractivity contribution in [1.82, 2.24) is 20.1 Å². The van der Waals surface area contributed by atoms with E-state index in [4.69, 9.17) is 0 Å². The quantitative estimate of drug-likeness (QED) is 0.559. The zero-order chi connectivity index (χ0) is 22.0. The van der Waals surface area contributed by atoms with Gasteiger partial charge in [0.05, 0.1) is 17.5 Å². The van der Waals surface area contributed by atoms with Crippen LogP contribution in [0.15, 0.2) is 53.7 Å². The van der Waals surface area contributed by atoms with Gasteiger partial charge in [0, 0.05) is 5.56 Å². The van der Waals surface area contributed by atoms with Gasteiger partial charge in [-0.1, -0.05) is 48.2 Å². The van der Waals surface area contributed by atoms with Crippen LogP contribution < -0.4 is 5.32 Å². The summed E-state index contributed by atoms with van der Waals surface area (Å²) >= 11 is 1.33. The van der Waals surface area contributed by atoms with Gasteiger partial charge in [0.2, 0.25) is 5.91 Å². The van der Waals surface area contributed by atoms with E-state index in [0.717, 1.165) is 29.9 Å². The standard InChI is InChI=1S/C24H25N5OS/c1-16-9-12-20(13-17(16)2)29-22(18-7-5-4-6-8-18)27-28-23(29)31-14-21(30)26-24(3,15-25)19-10-11-19/h4-9,12-13,19H,10-11,14H2,1-3H3,(H,26,30). The number of carbonyl (C=O) groups excluding carboxylic acids is 1. The monoisotopic (exact) mass is 431 g/mol. The first kappa shape index (κ1) is 21.1. The topological polar surface area (TPSA) is 83.6 Å². The molecule has 2 aromatic carbocycles. The number of aryl methyl sites for hydroxylation is 2. The maximum atomic E-state index is 12.6. The molecule has 0 radical (unpaired) electrons. The van der Waals surface area contributed by atoms with Gasteiger partial charge in [-0.25, -0.2) is 0 Å².